The largest absolute Gasteiger partial charge is 0.367 e. The van der Waals surface area contributed by atoms with Gasteiger partial charge < -0.3 is 14.8 Å². The highest BCUT2D eigenvalue weighted by Gasteiger charge is 2.31. The number of hydrogen-bond acceptors (Lipinski definition) is 5. The van der Waals surface area contributed by atoms with Gasteiger partial charge in [0.15, 0.2) is 0 Å². The second kappa shape index (κ2) is 8.30. The number of pyridine rings is 1. The number of hydrogen-bond donors (Lipinski definition) is 1. The average Bonchev–Trinajstić information content (AvgIpc) is 3.41. The van der Waals surface area contributed by atoms with Crippen molar-refractivity contribution in [2.45, 2.75) is 32.6 Å². The zero-order chi connectivity index (χ0) is 22.2. The predicted octanol–water partition coefficient (Wildman–Crippen LogP) is 3.25. The highest BCUT2D eigenvalue weighted by molar-refractivity contribution is 5.94. The number of nitrogens with one attached hydrogen (secondary N) is 1. The van der Waals surface area contributed by atoms with Gasteiger partial charge in [-0.15, -0.1) is 0 Å². The van der Waals surface area contributed by atoms with Crippen LogP contribution in [0.15, 0.2) is 24.5 Å². The summed E-state index contributed by atoms with van der Waals surface area (Å²) in [6, 6.07) is 6.58. The molecule has 1 saturated heterocycles. The molecule has 3 aromatic heterocycles. The number of anilines is 1. The van der Waals surface area contributed by atoms with Gasteiger partial charge in [-0.2, -0.15) is 10.4 Å². The molecule has 1 aliphatic carbocycles. The van der Waals surface area contributed by atoms with E-state index in [0.717, 1.165) is 85.5 Å². The van der Waals surface area contributed by atoms with E-state index in [2.05, 4.69) is 45.1 Å². The third kappa shape index (κ3) is 3.62. The van der Waals surface area contributed by atoms with Crippen LogP contribution in [0, 0.1) is 30.1 Å². The van der Waals surface area contributed by atoms with Crippen molar-refractivity contribution >= 4 is 22.6 Å². The molecule has 0 aromatic carbocycles. The maximum Gasteiger partial charge on any atom is 0.225 e. The molecule has 1 amide bonds. The third-order valence-corrected chi connectivity index (χ3v) is 7.23. The first-order chi connectivity index (χ1) is 15.5. The van der Waals surface area contributed by atoms with Gasteiger partial charge in [0, 0.05) is 73.6 Å². The van der Waals surface area contributed by atoms with Crippen molar-refractivity contribution in [3.05, 3.63) is 30.2 Å². The summed E-state index contributed by atoms with van der Waals surface area (Å²) in [7, 11) is 1.95. The number of aryl methyl sites for hydroxylation is 1. The Hall–Kier alpha value is -3.34. The lowest BCUT2D eigenvalue weighted by Crippen LogP contribution is -2.50. The summed E-state index contributed by atoms with van der Waals surface area (Å²) >= 11 is 0. The van der Waals surface area contributed by atoms with E-state index in [1.54, 1.807) is 0 Å². The number of amides is 1. The fourth-order valence-corrected chi connectivity index (χ4v) is 5.09. The number of fused-ring (bicyclic) bond motifs is 1. The van der Waals surface area contributed by atoms with Crippen molar-refractivity contribution in [2.24, 2.45) is 18.9 Å². The van der Waals surface area contributed by atoms with E-state index in [4.69, 9.17) is 5.26 Å². The Kier molecular flexibility index (Phi) is 5.33. The van der Waals surface area contributed by atoms with Crippen LogP contribution in [-0.4, -0.2) is 56.7 Å². The summed E-state index contributed by atoms with van der Waals surface area (Å²) in [5.74, 6) is 0.498. The van der Waals surface area contributed by atoms with E-state index < -0.39 is 0 Å². The van der Waals surface area contributed by atoms with Gasteiger partial charge in [0.05, 0.1) is 18.0 Å². The molecule has 0 radical (unpaired) electrons. The third-order valence-electron chi connectivity index (χ3n) is 7.23. The standard InChI is InChI=1S/C24H29N7O/c1-16-20(15-27-29(16)2)21-13-19-22(7-8-26-23(19)28-21)30-9-11-31(12-10-30)24(32)18-5-3-17(14-25)4-6-18/h7-8,13,15,17-18H,3-6,9-12H2,1-2H3,(H,26,28)/t17-,18-. The number of carbonyl (C=O) groups excluding carboxylic acids is 1. The molecule has 3 aromatic rings. The van der Waals surface area contributed by atoms with Crippen molar-refractivity contribution in [3.8, 4) is 17.3 Å². The van der Waals surface area contributed by atoms with E-state index in [1.807, 2.05) is 29.0 Å². The molecule has 0 spiro atoms. The summed E-state index contributed by atoms with van der Waals surface area (Å²) in [5.41, 5.74) is 5.23. The highest BCUT2D eigenvalue weighted by atomic mass is 16.2. The first-order valence-electron chi connectivity index (χ1n) is 11.4. The average molecular weight is 432 g/mol. The molecule has 8 nitrogen and oxygen atoms in total. The maximum atomic E-state index is 13.0. The second-order valence-corrected chi connectivity index (χ2v) is 9.03. The highest BCUT2D eigenvalue weighted by Crippen LogP contribution is 2.33. The number of carbonyl (C=O) groups is 1. The van der Waals surface area contributed by atoms with Crippen LogP contribution in [0.2, 0.25) is 0 Å². The van der Waals surface area contributed by atoms with E-state index >= 15 is 0 Å². The Morgan fingerprint density at radius 2 is 1.94 bits per heavy atom. The van der Waals surface area contributed by atoms with E-state index in [-0.39, 0.29) is 17.7 Å². The lowest BCUT2D eigenvalue weighted by molar-refractivity contribution is -0.137. The van der Waals surface area contributed by atoms with Gasteiger partial charge in [0.1, 0.15) is 5.65 Å². The van der Waals surface area contributed by atoms with E-state index in [0.29, 0.717) is 0 Å². The normalized spacial score (nSPS) is 21.7. The zero-order valence-corrected chi connectivity index (χ0v) is 18.7. The van der Waals surface area contributed by atoms with Crippen molar-refractivity contribution in [1.29, 1.82) is 5.26 Å². The molecular weight excluding hydrogens is 402 g/mol. The van der Waals surface area contributed by atoms with Gasteiger partial charge in [-0.05, 0) is 44.7 Å². The molecule has 0 unspecified atom stereocenters. The van der Waals surface area contributed by atoms with Crippen LogP contribution in [-0.2, 0) is 11.8 Å². The summed E-state index contributed by atoms with van der Waals surface area (Å²) in [6.07, 6.45) is 7.14. The molecule has 4 heterocycles. The number of rotatable bonds is 3. The Labute approximate surface area is 187 Å². The quantitative estimate of drug-likeness (QED) is 0.687. The number of aromatic amines is 1. The minimum absolute atomic E-state index is 0.0914. The first kappa shape index (κ1) is 20.6. The molecule has 0 bridgehead atoms. The zero-order valence-electron chi connectivity index (χ0n) is 18.7. The van der Waals surface area contributed by atoms with Crippen LogP contribution in [0.1, 0.15) is 31.4 Å². The molecule has 1 aliphatic heterocycles. The Bertz CT molecular complexity index is 1170. The van der Waals surface area contributed by atoms with Crippen LogP contribution in [0.3, 0.4) is 0 Å². The summed E-state index contributed by atoms with van der Waals surface area (Å²) < 4.78 is 1.87. The van der Waals surface area contributed by atoms with Crippen molar-refractivity contribution in [2.75, 3.05) is 31.1 Å². The molecule has 8 heteroatoms. The smallest absolute Gasteiger partial charge is 0.225 e. The molecule has 0 atom stereocenters. The van der Waals surface area contributed by atoms with Crippen LogP contribution in [0.25, 0.3) is 22.3 Å². The number of aromatic nitrogens is 4. The van der Waals surface area contributed by atoms with Crippen molar-refractivity contribution in [3.63, 3.8) is 0 Å². The molecule has 1 N–H and O–H groups in total. The van der Waals surface area contributed by atoms with E-state index in [1.165, 1.54) is 0 Å². The van der Waals surface area contributed by atoms with Crippen LogP contribution < -0.4 is 4.90 Å². The van der Waals surface area contributed by atoms with Crippen molar-refractivity contribution < 1.29 is 4.79 Å². The monoisotopic (exact) mass is 431 g/mol. The first-order valence-corrected chi connectivity index (χ1v) is 11.4. The van der Waals surface area contributed by atoms with Gasteiger partial charge in [0.2, 0.25) is 5.91 Å². The van der Waals surface area contributed by atoms with Crippen molar-refractivity contribution in [1.82, 2.24) is 24.6 Å². The minimum atomic E-state index is 0.0914. The topological polar surface area (TPSA) is 93.8 Å². The van der Waals surface area contributed by atoms with Gasteiger partial charge in [-0.25, -0.2) is 4.98 Å². The molecule has 32 heavy (non-hydrogen) atoms. The number of piperazine rings is 1. The number of H-pyrrole nitrogens is 1. The second-order valence-electron chi connectivity index (χ2n) is 9.03. The fourth-order valence-electron chi connectivity index (χ4n) is 5.09. The van der Waals surface area contributed by atoms with Gasteiger partial charge in [0.25, 0.3) is 0 Å². The molecule has 5 rings (SSSR count). The lowest BCUT2D eigenvalue weighted by Gasteiger charge is -2.38. The summed E-state index contributed by atoms with van der Waals surface area (Å²) in [6.45, 7) is 5.15. The molecule has 2 fully saturated rings. The Balaban J connectivity index is 1.29. The molecule has 166 valence electrons. The predicted molar refractivity (Wildman–Crippen MR) is 123 cm³/mol. The Morgan fingerprint density at radius 3 is 2.59 bits per heavy atom. The fraction of sp³-hybridized carbons (Fsp3) is 0.500. The lowest BCUT2D eigenvalue weighted by atomic mass is 9.82. The maximum absolute atomic E-state index is 13.0. The van der Waals surface area contributed by atoms with Gasteiger partial charge in [-0.3, -0.25) is 9.48 Å². The minimum Gasteiger partial charge on any atom is -0.367 e. The van der Waals surface area contributed by atoms with E-state index in [9.17, 15) is 4.79 Å². The van der Waals surface area contributed by atoms with Crippen LogP contribution in [0.5, 0.6) is 0 Å². The summed E-state index contributed by atoms with van der Waals surface area (Å²) in [5, 5.41) is 14.6. The molecule has 1 saturated carbocycles. The van der Waals surface area contributed by atoms with Gasteiger partial charge >= 0.3 is 0 Å². The number of nitriles is 1. The Morgan fingerprint density at radius 1 is 1.19 bits per heavy atom. The van der Waals surface area contributed by atoms with Crippen LogP contribution >= 0.6 is 0 Å². The molecule has 2 aliphatic rings. The molecular formula is C24H29N7O. The SMILES string of the molecule is Cc1c(-c2cc3c(N4CCN(C(=O)[C@H]5CC[C@H](C#N)CC5)CC4)ccnc3[nH]2)cnn1C. The summed E-state index contributed by atoms with van der Waals surface area (Å²) in [4.78, 5) is 25.4. The van der Waals surface area contributed by atoms with Gasteiger partial charge in [-0.1, -0.05) is 0 Å². The van der Waals surface area contributed by atoms with Crippen LogP contribution in [0.4, 0.5) is 5.69 Å². The number of nitrogens with zero attached hydrogens (tertiary/aromatic N) is 6.